The summed E-state index contributed by atoms with van der Waals surface area (Å²) in [6.07, 6.45) is 1.61. The molecule has 0 unspecified atom stereocenters. The smallest absolute Gasteiger partial charge is 0.148 e. The van der Waals surface area contributed by atoms with E-state index in [4.69, 9.17) is 0 Å². The number of Topliss-reactive ketones (excluding diaryl/α,β-unsaturated/α-hetero) is 1. The number of hydrogen-bond donors (Lipinski definition) is 1. The van der Waals surface area contributed by atoms with Gasteiger partial charge in [-0.25, -0.2) is 0 Å². The topological polar surface area (TPSA) is 21.5 Å². The minimum absolute atomic E-state index is 0.245. The van der Waals surface area contributed by atoms with Crippen molar-refractivity contribution in [3.05, 3.63) is 71.8 Å². The molecule has 0 aliphatic heterocycles. The van der Waals surface area contributed by atoms with E-state index in [2.05, 4.69) is 76.5 Å². The molecule has 0 amide bonds. The zero-order valence-electron chi connectivity index (χ0n) is 17.0. The van der Waals surface area contributed by atoms with Crippen molar-refractivity contribution in [3.8, 4) is 0 Å². The Balaban J connectivity index is 2.83. The molecule has 2 aromatic rings. The minimum atomic E-state index is -0.593. The van der Waals surface area contributed by atoms with Crippen LogP contribution in [0.3, 0.4) is 0 Å². The largest absolute Gasteiger partial charge is 0.340 e. The van der Waals surface area contributed by atoms with E-state index in [1.165, 1.54) is 4.90 Å². The fourth-order valence-corrected chi connectivity index (χ4v) is 4.31. The third-order valence-electron chi connectivity index (χ3n) is 5.73. The molecule has 0 heterocycles. The summed E-state index contributed by atoms with van der Waals surface area (Å²) in [7, 11) is 4.37. The Hall–Kier alpha value is -1.93. The van der Waals surface area contributed by atoms with Crippen LogP contribution < -0.4 is 4.90 Å². The lowest BCUT2D eigenvalue weighted by atomic mass is 9.59. The number of nitrogens with one attached hydrogen (secondary N) is 1. The Kier molecular flexibility index (Phi) is 7.16. The molecule has 0 fully saturated rings. The molecule has 0 aromatic heterocycles. The zero-order valence-corrected chi connectivity index (χ0v) is 17.0. The van der Waals surface area contributed by atoms with Gasteiger partial charge in [-0.2, -0.15) is 0 Å². The van der Waals surface area contributed by atoms with Gasteiger partial charge in [-0.1, -0.05) is 87.9 Å². The Morgan fingerprint density at radius 1 is 0.923 bits per heavy atom. The highest BCUT2D eigenvalue weighted by Gasteiger charge is 2.50. The first kappa shape index (κ1) is 20.4. The molecule has 0 bridgehead atoms. The first-order valence-corrected chi connectivity index (χ1v) is 9.91. The quantitative estimate of drug-likeness (QED) is 0.729. The molecule has 2 atom stereocenters. The van der Waals surface area contributed by atoms with Gasteiger partial charge in [0.15, 0.2) is 0 Å². The highest BCUT2D eigenvalue weighted by atomic mass is 16.1. The van der Waals surface area contributed by atoms with E-state index in [9.17, 15) is 4.79 Å². The van der Waals surface area contributed by atoms with E-state index in [1.807, 2.05) is 19.1 Å². The summed E-state index contributed by atoms with van der Waals surface area (Å²) >= 11 is 0. The number of quaternary nitrogens is 1. The summed E-state index contributed by atoms with van der Waals surface area (Å²) in [5.74, 6) is 1.01. The van der Waals surface area contributed by atoms with Gasteiger partial charge in [-0.3, -0.25) is 4.79 Å². The number of hydrogen-bond acceptors (Lipinski definition) is 1. The Bertz CT molecular complexity index is 638. The van der Waals surface area contributed by atoms with Gasteiger partial charge in [0.2, 0.25) is 0 Å². The number of carbonyl (C=O) groups excluding carboxylic acids is 1. The van der Waals surface area contributed by atoms with Crippen LogP contribution in [0.1, 0.15) is 44.7 Å². The molecule has 2 rings (SSSR count). The van der Waals surface area contributed by atoms with Crippen molar-refractivity contribution >= 4 is 5.78 Å². The van der Waals surface area contributed by atoms with E-state index < -0.39 is 5.41 Å². The molecule has 0 spiro atoms. The highest BCUT2D eigenvalue weighted by molar-refractivity contribution is 5.94. The summed E-state index contributed by atoms with van der Waals surface area (Å²) in [5.41, 5.74) is 1.67. The molecule has 2 heteroatoms. The third-order valence-corrected chi connectivity index (χ3v) is 5.73. The molecule has 2 nitrogen and oxygen atoms in total. The van der Waals surface area contributed by atoms with Crippen molar-refractivity contribution in [3.63, 3.8) is 0 Å². The summed E-state index contributed by atoms with van der Waals surface area (Å²) in [6.45, 7) is 7.50. The lowest BCUT2D eigenvalue weighted by Gasteiger charge is -2.43. The molecular weight excluding hydrogens is 318 g/mol. The van der Waals surface area contributed by atoms with E-state index in [-0.39, 0.29) is 5.92 Å². The lowest BCUT2D eigenvalue weighted by molar-refractivity contribution is -0.863. The molecule has 26 heavy (non-hydrogen) atoms. The average molecular weight is 353 g/mol. The summed E-state index contributed by atoms with van der Waals surface area (Å²) < 4.78 is 0. The summed E-state index contributed by atoms with van der Waals surface area (Å²) in [6, 6.07) is 20.9. The van der Waals surface area contributed by atoms with E-state index in [1.54, 1.807) is 0 Å². The number of ketones is 1. The first-order valence-electron chi connectivity index (χ1n) is 9.91. The SMILES string of the molecule is CCC(=O)C(c1ccccc1)(c1ccccc1)[C@H](C[NH+](C)C)[C@@H](C)CC. The Morgan fingerprint density at radius 3 is 1.73 bits per heavy atom. The molecule has 0 saturated heterocycles. The van der Waals surface area contributed by atoms with Gasteiger partial charge in [0.25, 0.3) is 0 Å². The number of rotatable bonds is 9. The third kappa shape index (κ3) is 3.91. The Morgan fingerprint density at radius 2 is 1.38 bits per heavy atom. The molecule has 0 aliphatic carbocycles. The molecule has 0 radical (unpaired) electrons. The second-order valence-electron chi connectivity index (χ2n) is 7.72. The molecule has 2 aromatic carbocycles. The van der Waals surface area contributed by atoms with Crippen LogP contribution in [0.25, 0.3) is 0 Å². The zero-order chi connectivity index (χ0) is 19.2. The second kappa shape index (κ2) is 9.14. The Labute approximate surface area is 159 Å². The molecular formula is C24H34NO+. The first-order chi connectivity index (χ1) is 12.5. The van der Waals surface area contributed by atoms with E-state index >= 15 is 0 Å². The summed E-state index contributed by atoms with van der Waals surface area (Å²) in [5, 5.41) is 0. The van der Waals surface area contributed by atoms with Crippen molar-refractivity contribution in [2.75, 3.05) is 20.6 Å². The lowest BCUT2D eigenvalue weighted by Crippen LogP contribution is -3.07. The maximum atomic E-state index is 13.7. The minimum Gasteiger partial charge on any atom is -0.340 e. The average Bonchev–Trinajstić information content (AvgIpc) is 2.68. The van der Waals surface area contributed by atoms with Gasteiger partial charge in [0.1, 0.15) is 5.78 Å². The van der Waals surface area contributed by atoms with Crippen molar-refractivity contribution < 1.29 is 9.69 Å². The molecule has 0 saturated carbocycles. The van der Waals surface area contributed by atoms with Gasteiger partial charge in [0.05, 0.1) is 26.1 Å². The maximum Gasteiger partial charge on any atom is 0.148 e. The predicted octanol–water partition coefficient (Wildman–Crippen LogP) is 3.76. The van der Waals surface area contributed by atoms with Gasteiger partial charge in [-0.05, 0) is 17.0 Å². The standard InChI is InChI=1S/C24H33NO/c1-6-19(3)22(18-25(4)5)24(23(26)7-2,20-14-10-8-11-15-20)21-16-12-9-13-17-21/h8-17,19,22H,6-7,18H2,1-5H3/p+1/t19-,22+/m0/s1. The van der Waals surface area contributed by atoms with Crippen LogP contribution in [0.5, 0.6) is 0 Å². The molecule has 1 N–H and O–H groups in total. The van der Waals surface area contributed by atoms with E-state index in [0.29, 0.717) is 18.1 Å². The van der Waals surface area contributed by atoms with Gasteiger partial charge < -0.3 is 4.90 Å². The number of carbonyl (C=O) groups is 1. The van der Waals surface area contributed by atoms with Crippen LogP contribution in [-0.2, 0) is 10.2 Å². The summed E-state index contributed by atoms with van der Waals surface area (Å²) in [4.78, 5) is 15.1. The monoisotopic (exact) mass is 352 g/mol. The molecule has 0 aliphatic rings. The normalized spacial score (nSPS) is 14.2. The highest BCUT2D eigenvalue weighted by Crippen LogP contribution is 2.44. The van der Waals surface area contributed by atoms with Crippen molar-refractivity contribution in [2.24, 2.45) is 11.8 Å². The van der Waals surface area contributed by atoms with Gasteiger partial charge in [-0.15, -0.1) is 0 Å². The fraction of sp³-hybridized carbons (Fsp3) is 0.458. The van der Waals surface area contributed by atoms with Crippen LogP contribution in [-0.4, -0.2) is 26.4 Å². The second-order valence-corrected chi connectivity index (χ2v) is 7.72. The van der Waals surface area contributed by atoms with Gasteiger partial charge in [0, 0.05) is 12.3 Å². The van der Waals surface area contributed by atoms with Crippen molar-refractivity contribution in [1.82, 2.24) is 0 Å². The van der Waals surface area contributed by atoms with E-state index in [0.717, 1.165) is 24.1 Å². The fourth-order valence-electron chi connectivity index (χ4n) is 4.31. The van der Waals surface area contributed by atoms with Crippen LogP contribution in [0.15, 0.2) is 60.7 Å². The van der Waals surface area contributed by atoms with Crippen LogP contribution in [0.2, 0.25) is 0 Å². The van der Waals surface area contributed by atoms with Crippen LogP contribution in [0.4, 0.5) is 0 Å². The van der Waals surface area contributed by atoms with Crippen LogP contribution in [0, 0.1) is 11.8 Å². The maximum absolute atomic E-state index is 13.7. The van der Waals surface area contributed by atoms with Crippen molar-refractivity contribution in [2.45, 2.75) is 39.0 Å². The number of benzene rings is 2. The molecule has 140 valence electrons. The van der Waals surface area contributed by atoms with Gasteiger partial charge >= 0.3 is 0 Å². The predicted molar refractivity (Wildman–Crippen MR) is 110 cm³/mol. The van der Waals surface area contributed by atoms with Crippen LogP contribution >= 0.6 is 0 Å². The van der Waals surface area contributed by atoms with Crippen molar-refractivity contribution in [1.29, 1.82) is 0 Å².